The second-order valence-corrected chi connectivity index (χ2v) is 5.08. The Morgan fingerprint density at radius 3 is 2.43 bits per heavy atom. The number of hydrogen-bond acceptors (Lipinski definition) is 2. The van der Waals surface area contributed by atoms with Gasteiger partial charge in [0.25, 0.3) is 0 Å². The summed E-state index contributed by atoms with van der Waals surface area (Å²) in [4.78, 5) is 11.4. The summed E-state index contributed by atoms with van der Waals surface area (Å²) in [5, 5.41) is 2.80. The molecular weight excluding hydrogens is 176 g/mol. The number of amides is 1. The fourth-order valence-corrected chi connectivity index (χ4v) is 1.89. The van der Waals surface area contributed by atoms with Gasteiger partial charge in [-0.3, -0.25) is 4.79 Å². The Morgan fingerprint density at radius 1 is 1.43 bits per heavy atom. The molecule has 14 heavy (non-hydrogen) atoms. The Kier molecular flexibility index (Phi) is 5.77. The first kappa shape index (κ1) is 13.4. The Balaban J connectivity index is 3.89. The van der Waals surface area contributed by atoms with Crippen molar-refractivity contribution in [3.8, 4) is 0 Å². The maximum Gasteiger partial charge on any atom is 0.220 e. The first-order valence-corrected chi connectivity index (χ1v) is 5.34. The summed E-state index contributed by atoms with van der Waals surface area (Å²) in [5.41, 5.74) is 5.40. The van der Waals surface area contributed by atoms with Gasteiger partial charge in [0.15, 0.2) is 0 Å². The van der Waals surface area contributed by atoms with Crippen LogP contribution in [0.15, 0.2) is 0 Å². The van der Waals surface area contributed by atoms with E-state index in [1.807, 2.05) is 0 Å². The minimum absolute atomic E-state index is 0.0901. The lowest BCUT2D eigenvalue weighted by atomic mass is 9.81. The molecule has 0 aromatic carbocycles. The standard InChI is InChI=1S/C11H24N2O/c1-9(2)7-11(3,4)8-10(14)13-6-5-12/h9H,5-8,12H2,1-4H3,(H,13,14). The van der Waals surface area contributed by atoms with Crippen molar-refractivity contribution in [2.24, 2.45) is 17.1 Å². The highest BCUT2D eigenvalue weighted by atomic mass is 16.1. The molecule has 84 valence electrons. The molecule has 3 nitrogen and oxygen atoms in total. The van der Waals surface area contributed by atoms with Gasteiger partial charge in [-0.25, -0.2) is 0 Å². The van der Waals surface area contributed by atoms with Crippen molar-refractivity contribution in [1.29, 1.82) is 0 Å². The fraction of sp³-hybridized carbons (Fsp3) is 0.909. The molecule has 0 aliphatic carbocycles. The van der Waals surface area contributed by atoms with E-state index in [2.05, 4.69) is 33.0 Å². The van der Waals surface area contributed by atoms with Gasteiger partial charge in [0.05, 0.1) is 0 Å². The Hall–Kier alpha value is -0.570. The lowest BCUT2D eigenvalue weighted by Crippen LogP contribution is -2.32. The molecular formula is C11H24N2O. The highest BCUT2D eigenvalue weighted by Crippen LogP contribution is 2.28. The molecule has 3 heteroatoms. The van der Waals surface area contributed by atoms with Crippen LogP contribution in [-0.4, -0.2) is 19.0 Å². The molecule has 0 atom stereocenters. The van der Waals surface area contributed by atoms with Crippen LogP contribution in [0.2, 0.25) is 0 Å². The van der Waals surface area contributed by atoms with Crippen LogP contribution in [0.5, 0.6) is 0 Å². The van der Waals surface area contributed by atoms with Crippen LogP contribution >= 0.6 is 0 Å². The molecule has 3 N–H and O–H groups in total. The maximum absolute atomic E-state index is 11.4. The number of hydrogen-bond donors (Lipinski definition) is 2. The van der Waals surface area contributed by atoms with Gasteiger partial charge >= 0.3 is 0 Å². The van der Waals surface area contributed by atoms with Gasteiger partial charge < -0.3 is 11.1 Å². The molecule has 0 aliphatic heterocycles. The van der Waals surface area contributed by atoms with Crippen molar-refractivity contribution in [2.75, 3.05) is 13.1 Å². The largest absolute Gasteiger partial charge is 0.355 e. The van der Waals surface area contributed by atoms with Crippen molar-refractivity contribution >= 4 is 5.91 Å². The summed E-state index contributed by atoms with van der Waals surface area (Å²) >= 11 is 0. The number of rotatable bonds is 6. The van der Waals surface area contributed by atoms with Crippen LogP contribution in [0.4, 0.5) is 0 Å². The minimum Gasteiger partial charge on any atom is -0.355 e. The highest BCUT2D eigenvalue weighted by molar-refractivity contribution is 5.76. The second-order valence-electron chi connectivity index (χ2n) is 5.08. The molecule has 0 aromatic rings. The number of nitrogens with two attached hydrogens (primary N) is 1. The van der Waals surface area contributed by atoms with Gasteiger partial charge in [-0.1, -0.05) is 27.7 Å². The molecule has 0 fully saturated rings. The van der Waals surface area contributed by atoms with E-state index in [4.69, 9.17) is 5.73 Å². The van der Waals surface area contributed by atoms with Crippen molar-refractivity contribution in [2.45, 2.75) is 40.5 Å². The SMILES string of the molecule is CC(C)CC(C)(C)CC(=O)NCCN. The molecule has 0 bridgehead atoms. The fourth-order valence-electron chi connectivity index (χ4n) is 1.89. The highest BCUT2D eigenvalue weighted by Gasteiger charge is 2.22. The normalized spacial score (nSPS) is 11.9. The summed E-state index contributed by atoms with van der Waals surface area (Å²) in [6.45, 7) is 9.72. The van der Waals surface area contributed by atoms with Crippen LogP contribution in [0.25, 0.3) is 0 Å². The van der Waals surface area contributed by atoms with E-state index >= 15 is 0 Å². The summed E-state index contributed by atoms with van der Waals surface area (Å²) in [7, 11) is 0. The molecule has 0 radical (unpaired) electrons. The minimum atomic E-state index is 0.0901. The van der Waals surface area contributed by atoms with E-state index in [-0.39, 0.29) is 11.3 Å². The van der Waals surface area contributed by atoms with Crippen LogP contribution in [0.1, 0.15) is 40.5 Å². The molecule has 0 aliphatic rings. The van der Waals surface area contributed by atoms with Crippen LogP contribution in [-0.2, 0) is 4.79 Å². The van der Waals surface area contributed by atoms with E-state index in [1.54, 1.807) is 0 Å². The average molecular weight is 200 g/mol. The van der Waals surface area contributed by atoms with E-state index in [0.29, 0.717) is 25.4 Å². The monoisotopic (exact) mass is 200 g/mol. The van der Waals surface area contributed by atoms with Crippen LogP contribution in [0.3, 0.4) is 0 Å². The van der Waals surface area contributed by atoms with Crippen molar-refractivity contribution in [1.82, 2.24) is 5.32 Å². The third kappa shape index (κ3) is 6.89. The predicted molar refractivity (Wildman–Crippen MR) is 59.9 cm³/mol. The van der Waals surface area contributed by atoms with Crippen molar-refractivity contribution in [3.05, 3.63) is 0 Å². The summed E-state index contributed by atoms with van der Waals surface area (Å²) in [5.74, 6) is 0.744. The van der Waals surface area contributed by atoms with Gasteiger partial charge in [0.1, 0.15) is 0 Å². The maximum atomic E-state index is 11.4. The third-order valence-electron chi connectivity index (χ3n) is 2.07. The summed E-state index contributed by atoms with van der Waals surface area (Å²) in [6.07, 6.45) is 1.66. The van der Waals surface area contributed by atoms with Gasteiger partial charge in [-0.05, 0) is 17.8 Å². The molecule has 0 saturated carbocycles. The Bertz CT molecular complexity index is 176. The summed E-state index contributed by atoms with van der Waals surface area (Å²) < 4.78 is 0. The van der Waals surface area contributed by atoms with E-state index in [1.165, 1.54) is 0 Å². The van der Waals surface area contributed by atoms with Gasteiger partial charge in [-0.15, -0.1) is 0 Å². The van der Waals surface area contributed by atoms with E-state index in [0.717, 1.165) is 6.42 Å². The smallest absolute Gasteiger partial charge is 0.220 e. The molecule has 0 aromatic heterocycles. The van der Waals surface area contributed by atoms with Crippen LogP contribution in [0, 0.1) is 11.3 Å². The van der Waals surface area contributed by atoms with Gasteiger partial charge in [0, 0.05) is 19.5 Å². The quantitative estimate of drug-likeness (QED) is 0.683. The molecule has 0 unspecified atom stereocenters. The first-order chi connectivity index (χ1) is 6.37. The Labute approximate surface area is 87.4 Å². The number of nitrogens with one attached hydrogen (secondary N) is 1. The Morgan fingerprint density at radius 2 is 2.00 bits per heavy atom. The van der Waals surface area contributed by atoms with Gasteiger partial charge in [0.2, 0.25) is 5.91 Å². The number of carbonyl (C=O) groups is 1. The lowest BCUT2D eigenvalue weighted by Gasteiger charge is -2.25. The van der Waals surface area contributed by atoms with Gasteiger partial charge in [-0.2, -0.15) is 0 Å². The van der Waals surface area contributed by atoms with Crippen LogP contribution < -0.4 is 11.1 Å². The lowest BCUT2D eigenvalue weighted by molar-refractivity contribution is -0.123. The van der Waals surface area contributed by atoms with E-state index in [9.17, 15) is 4.79 Å². The zero-order chi connectivity index (χ0) is 11.2. The molecule has 0 rings (SSSR count). The number of carbonyl (C=O) groups excluding carboxylic acids is 1. The summed E-state index contributed by atoms with van der Waals surface area (Å²) in [6, 6.07) is 0. The molecule has 0 heterocycles. The topological polar surface area (TPSA) is 55.1 Å². The third-order valence-corrected chi connectivity index (χ3v) is 2.07. The van der Waals surface area contributed by atoms with Crippen molar-refractivity contribution < 1.29 is 4.79 Å². The zero-order valence-electron chi connectivity index (χ0n) is 9.89. The zero-order valence-corrected chi connectivity index (χ0v) is 9.89. The first-order valence-electron chi connectivity index (χ1n) is 5.34. The second kappa shape index (κ2) is 6.02. The average Bonchev–Trinajstić information content (AvgIpc) is 1.96. The molecule has 1 amide bonds. The molecule has 0 saturated heterocycles. The predicted octanol–water partition coefficient (Wildman–Crippen LogP) is 1.52. The van der Waals surface area contributed by atoms with Crippen molar-refractivity contribution in [3.63, 3.8) is 0 Å². The van der Waals surface area contributed by atoms with E-state index < -0.39 is 0 Å². The molecule has 0 spiro atoms.